The topological polar surface area (TPSA) is 151 Å². The van der Waals surface area contributed by atoms with Gasteiger partial charge in [0.25, 0.3) is 5.91 Å². The maximum Gasteiger partial charge on any atom is 1.00 e. The van der Waals surface area contributed by atoms with Crippen LogP contribution in [0.4, 0.5) is 5.13 Å². The number of aromatic nitrogens is 3. The third-order valence-electron chi connectivity index (χ3n) is 5.11. The fourth-order valence-electron chi connectivity index (χ4n) is 3.36. The largest absolute Gasteiger partial charge is 1.00 e. The number of carbonyl (C=O) groups is 3. The van der Waals surface area contributed by atoms with Gasteiger partial charge in [-0.1, -0.05) is 58.1 Å². The van der Waals surface area contributed by atoms with Crippen molar-refractivity contribution in [1.29, 1.82) is 0 Å². The van der Waals surface area contributed by atoms with E-state index < -0.39 is 28.7 Å². The minimum Gasteiger partial charge on any atom is -1.00 e. The number of thiazole rings is 1. The summed E-state index contributed by atoms with van der Waals surface area (Å²) in [6.07, 6.45) is 1.89. The van der Waals surface area contributed by atoms with Crippen molar-refractivity contribution in [1.82, 2.24) is 25.4 Å². The van der Waals surface area contributed by atoms with Gasteiger partial charge in [0.2, 0.25) is 5.91 Å². The second-order valence-corrected chi connectivity index (χ2v) is 13.4. The summed E-state index contributed by atoms with van der Waals surface area (Å²) in [5.41, 5.74) is 4.61. The van der Waals surface area contributed by atoms with Gasteiger partial charge in [-0.2, -0.15) is 0 Å². The Morgan fingerprint density at radius 3 is 2.69 bits per heavy atom. The second-order valence-electron chi connectivity index (χ2n) is 7.24. The number of nitrogens with two attached hydrogens (primary N) is 1. The molecule has 0 aromatic carbocycles. The molecule has 0 aliphatic carbocycles. The minimum atomic E-state index is -1.15. The van der Waals surface area contributed by atoms with Crippen molar-refractivity contribution < 1.29 is 50.5 Å². The van der Waals surface area contributed by atoms with Crippen molar-refractivity contribution in [2.75, 3.05) is 30.0 Å². The van der Waals surface area contributed by atoms with Crippen LogP contribution in [0.1, 0.15) is 7.12 Å². The minimum absolute atomic E-state index is 0. The molecule has 184 valence electrons. The zero-order valence-corrected chi connectivity index (χ0v) is 25.8. The zero-order chi connectivity index (χ0) is 24.6. The molecule has 35 heavy (non-hydrogen) atoms. The number of halogens is 2. The first-order valence-corrected chi connectivity index (χ1v) is 15.1. The fraction of sp³-hybridized carbons (Fsp3) is 0.412. The van der Waals surface area contributed by atoms with Crippen LogP contribution in [0.5, 0.6) is 0 Å². The quantitative estimate of drug-likeness (QED) is 0.156. The molecule has 2 unspecified atom stereocenters. The first-order chi connectivity index (χ1) is 16.1. The Kier molecular flexibility index (Phi) is 10.1. The number of carboxylic acid groups (broad SMARTS) is 1. The van der Waals surface area contributed by atoms with E-state index in [1.54, 1.807) is 0 Å². The Hall–Kier alpha value is -0.230. The van der Waals surface area contributed by atoms with Crippen molar-refractivity contribution >= 4 is 110 Å². The van der Waals surface area contributed by atoms with Crippen LogP contribution in [-0.2, 0) is 14.4 Å². The molecular weight excluding hydrogens is 606 g/mol. The Labute approximate surface area is 254 Å². The van der Waals surface area contributed by atoms with Gasteiger partial charge in [-0.15, -0.1) is 33.3 Å². The summed E-state index contributed by atoms with van der Waals surface area (Å²) in [6, 6.07) is -0.831. The van der Waals surface area contributed by atoms with Crippen LogP contribution in [0.2, 0.25) is 0 Å². The van der Waals surface area contributed by atoms with Gasteiger partial charge in [-0.05, 0) is 6.26 Å². The third kappa shape index (κ3) is 6.10. The van der Waals surface area contributed by atoms with Crippen molar-refractivity contribution in [2.24, 2.45) is 5.41 Å². The molecule has 2 fully saturated rings. The molecule has 0 bridgehead atoms. The number of hydrogen-bond acceptors (Lipinski definition) is 12. The first-order valence-electron chi connectivity index (χ1n) is 9.38. The van der Waals surface area contributed by atoms with Crippen molar-refractivity contribution in [3.8, 4) is 0 Å². The van der Waals surface area contributed by atoms with E-state index in [9.17, 15) is 19.5 Å². The van der Waals surface area contributed by atoms with Crippen LogP contribution >= 0.6 is 81.2 Å². The summed E-state index contributed by atoms with van der Waals surface area (Å²) in [4.78, 5) is 43.4. The molecular formula is C17H17Cl2N6NaO4S5. The fourth-order valence-corrected chi connectivity index (χ4v) is 8.58. The van der Waals surface area contributed by atoms with Crippen molar-refractivity contribution in [3.05, 3.63) is 15.6 Å². The Morgan fingerprint density at radius 2 is 2.11 bits per heavy atom. The number of anilines is 1. The summed E-state index contributed by atoms with van der Waals surface area (Å²) in [5.74, 6) is -1.50. The van der Waals surface area contributed by atoms with Crippen LogP contribution in [0, 0.1) is 5.41 Å². The summed E-state index contributed by atoms with van der Waals surface area (Å²) >= 11 is 18.4. The molecule has 0 saturated carbocycles. The molecule has 2 saturated heterocycles. The number of nitrogens with zero attached hydrogens (tertiary/aromatic N) is 4. The summed E-state index contributed by atoms with van der Waals surface area (Å²) < 4.78 is 1.18. The number of rotatable bonds is 8. The summed E-state index contributed by atoms with van der Waals surface area (Å²) in [5, 5.41) is 22.1. The van der Waals surface area contributed by atoms with Gasteiger partial charge in [-0.3, -0.25) is 14.4 Å². The molecule has 0 radical (unpaired) electrons. The standard InChI is InChI=1S/C17H16Cl2N6O4S5.Na.H/c1-30-15-23-24-16(34-15)33-5-17(13(28)29)3-25-11(27)8(12(25)32-4-17)22-10(26)7(9(18)19)6-2-31-14(20)21-6;;/h2,8,12H,3-5H2,1H3,(H2,20,21)(H,22,26)(H,28,29);;/q;+1;-1/t8?,12-,17?;;/m1../s1. The number of thioether (sulfide) groups is 3. The van der Waals surface area contributed by atoms with Crippen LogP contribution in [0.15, 0.2) is 18.6 Å². The van der Waals surface area contributed by atoms with Gasteiger partial charge in [-0.25, -0.2) is 4.98 Å². The molecule has 3 atom stereocenters. The van der Waals surface area contributed by atoms with E-state index in [4.69, 9.17) is 28.9 Å². The van der Waals surface area contributed by atoms with Crippen molar-refractivity contribution in [3.63, 3.8) is 0 Å². The van der Waals surface area contributed by atoms with E-state index in [1.807, 2.05) is 6.26 Å². The number of carboxylic acids is 1. The molecule has 4 N–H and O–H groups in total. The molecule has 2 aromatic heterocycles. The molecule has 4 rings (SSSR count). The number of fused-ring (bicyclic) bond motifs is 1. The van der Waals surface area contributed by atoms with Crippen LogP contribution in [-0.4, -0.2) is 78.7 Å². The molecule has 2 aliphatic rings. The Morgan fingerprint density at radius 1 is 1.40 bits per heavy atom. The van der Waals surface area contributed by atoms with Gasteiger partial charge >= 0.3 is 35.5 Å². The summed E-state index contributed by atoms with van der Waals surface area (Å²) in [6.45, 7) is 0.0357. The van der Waals surface area contributed by atoms with Gasteiger partial charge in [0, 0.05) is 23.4 Å². The zero-order valence-electron chi connectivity index (χ0n) is 19.2. The number of aliphatic carboxylic acids is 1. The van der Waals surface area contributed by atoms with Gasteiger partial charge < -0.3 is 22.5 Å². The van der Waals surface area contributed by atoms with Crippen LogP contribution in [0.3, 0.4) is 0 Å². The van der Waals surface area contributed by atoms with E-state index in [0.29, 0.717) is 4.34 Å². The normalized spacial score (nSPS) is 23.1. The predicted octanol–water partition coefficient (Wildman–Crippen LogP) is -0.175. The first kappa shape index (κ1) is 29.3. The second kappa shape index (κ2) is 12.1. The van der Waals surface area contributed by atoms with E-state index in [-0.39, 0.29) is 75.8 Å². The maximum atomic E-state index is 12.9. The van der Waals surface area contributed by atoms with Gasteiger partial charge in [0.1, 0.15) is 21.3 Å². The predicted molar refractivity (Wildman–Crippen MR) is 139 cm³/mol. The Balaban J connectivity index is 0.00000228. The van der Waals surface area contributed by atoms with Crippen LogP contribution < -0.4 is 40.6 Å². The monoisotopic (exact) mass is 622 g/mol. The maximum absolute atomic E-state index is 12.9. The van der Waals surface area contributed by atoms with Gasteiger partial charge in [0.15, 0.2) is 13.8 Å². The molecule has 2 aliphatic heterocycles. The number of carbonyl (C=O) groups excluding carboxylic acids is 2. The number of nitrogen functional groups attached to an aromatic ring is 1. The molecule has 2 amide bonds. The summed E-state index contributed by atoms with van der Waals surface area (Å²) in [7, 11) is 0. The number of nitrogens with one attached hydrogen (secondary N) is 1. The molecule has 4 heterocycles. The van der Waals surface area contributed by atoms with E-state index in [1.165, 1.54) is 56.9 Å². The third-order valence-corrected chi connectivity index (χ3v) is 11.1. The number of amides is 2. The average Bonchev–Trinajstić information content (AvgIpc) is 3.44. The van der Waals surface area contributed by atoms with Crippen molar-refractivity contribution in [2.45, 2.75) is 20.1 Å². The number of β-lactam (4-membered cyclic amide) rings is 1. The Bertz CT molecular complexity index is 1180. The molecule has 0 spiro atoms. The van der Waals surface area contributed by atoms with E-state index in [2.05, 4.69) is 20.5 Å². The molecule has 2 aromatic rings. The number of hydrogen-bond donors (Lipinski definition) is 3. The SMILES string of the molecule is CSc1nnc(SCC2(C(=O)O)CS[C@@H]3C(NC(=O)C(=C(Cl)Cl)c4csc(N)n4)C(=O)N3C2)s1.[H-].[Na+]. The van der Waals surface area contributed by atoms with E-state index in [0.717, 1.165) is 15.7 Å². The molecule has 10 nitrogen and oxygen atoms in total. The molecule has 18 heteroatoms. The van der Waals surface area contributed by atoms with Gasteiger partial charge in [0.05, 0.1) is 11.3 Å². The van der Waals surface area contributed by atoms with Crippen LogP contribution in [0.25, 0.3) is 5.57 Å². The van der Waals surface area contributed by atoms with E-state index >= 15 is 0 Å². The average molecular weight is 624 g/mol. The smallest absolute Gasteiger partial charge is 1.00 e.